The molecule has 1 atom stereocenters. The van der Waals surface area contributed by atoms with E-state index in [-0.39, 0.29) is 5.91 Å². The molecular weight excluding hydrogens is 334 g/mol. The van der Waals surface area contributed by atoms with Gasteiger partial charge in [0.25, 0.3) is 17.7 Å². The molecule has 4 amide bonds. The molecule has 1 aliphatic rings. The van der Waals surface area contributed by atoms with E-state index >= 15 is 0 Å². The van der Waals surface area contributed by atoms with Crippen LogP contribution in [-0.2, 0) is 4.79 Å². The van der Waals surface area contributed by atoms with Gasteiger partial charge in [-0.05, 0) is 37.3 Å². The molecule has 0 bridgehead atoms. The number of fused-ring (bicyclic) bond motifs is 1. The lowest BCUT2D eigenvalue weighted by Gasteiger charge is -2.21. The molecule has 0 saturated heterocycles. The van der Waals surface area contributed by atoms with Gasteiger partial charge in [-0.1, -0.05) is 18.2 Å². The predicted octanol–water partition coefficient (Wildman–Crippen LogP) is 1.67. The van der Waals surface area contributed by atoms with Crippen molar-refractivity contribution in [3.05, 3.63) is 65.2 Å². The van der Waals surface area contributed by atoms with Crippen molar-refractivity contribution in [3.63, 3.8) is 0 Å². The van der Waals surface area contributed by atoms with Crippen LogP contribution in [0.1, 0.15) is 38.0 Å². The maximum absolute atomic E-state index is 12.5. The predicted molar refractivity (Wildman–Crippen MR) is 94.9 cm³/mol. The molecule has 2 aromatic carbocycles. The average Bonchev–Trinajstić information content (AvgIpc) is 2.91. The minimum absolute atomic E-state index is 0.283. The van der Waals surface area contributed by atoms with E-state index in [0.29, 0.717) is 22.4 Å². The quantitative estimate of drug-likeness (QED) is 0.819. The standard InChI is InChI=1S/C19H17N3O4/c1-11(22-18(25)14-8-3-4-9-15(14)19(22)26)16(23)21-13-7-5-6-12(10-13)17(24)20-2/h3-11H,1-2H3,(H,20,24)(H,21,23). The van der Waals surface area contributed by atoms with Gasteiger partial charge in [0.1, 0.15) is 6.04 Å². The fraction of sp³-hybridized carbons (Fsp3) is 0.158. The second-order valence-electron chi connectivity index (χ2n) is 5.85. The van der Waals surface area contributed by atoms with Crippen molar-refractivity contribution in [1.82, 2.24) is 10.2 Å². The molecule has 0 fully saturated rings. The molecule has 0 spiro atoms. The molecule has 2 aromatic rings. The zero-order valence-electron chi connectivity index (χ0n) is 14.3. The summed E-state index contributed by atoms with van der Waals surface area (Å²) in [6.07, 6.45) is 0. The van der Waals surface area contributed by atoms with Crippen molar-refractivity contribution < 1.29 is 19.2 Å². The molecule has 3 rings (SSSR count). The van der Waals surface area contributed by atoms with Crippen LogP contribution in [0.4, 0.5) is 5.69 Å². The number of imide groups is 1. The smallest absolute Gasteiger partial charge is 0.262 e. The highest BCUT2D eigenvalue weighted by Gasteiger charge is 2.40. The summed E-state index contributed by atoms with van der Waals surface area (Å²) in [6, 6.07) is 11.9. The highest BCUT2D eigenvalue weighted by molar-refractivity contribution is 6.23. The summed E-state index contributed by atoms with van der Waals surface area (Å²) in [6.45, 7) is 1.49. The number of nitrogens with one attached hydrogen (secondary N) is 2. The van der Waals surface area contributed by atoms with Crippen molar-refractivity contribution in [2.75, 3.05) is 12.4 Å². The van der Waals surface area contributed by atoms with E-state index < -0.39 is 23.8 Å². The minimum atomic E-state index is -0.994. The summed E-state index contributed by atoms with van der Waals surface area (Å²) in [5.74, 6) is -1.79. The van der Waals surface area contributed by atoms with E-state index in [1.165, 1.54) is 20.0 Å². The molecular formula is C19H17N3O4. The van der Waals surface area contributed by atoms with Gasteiger partial charge in [-0.3, -0.25) is 24.1 Å². The van der Waals surface area contributed by atoms with Crippen LogP contribution in [0.15, 0.2) is 48.5 Å². The van der Waals surface area contributed by atoms with Gasteiger partial charge in [-0.15, -0.1) is 0 Å². The number of anilines is 1. The van der Waals surface area contributed by atoms with Crippen LogP contribution in [0.5, 0.6) is 0 Å². The first-order chi connectivity index (χ1) is 12.4. The third kappa shape index (κ3) is 2.95. The summed E-state index contributed by atoms with van der Waals surface area (Å²) >= 11 is 0. The van der Waals surface area contributed by atoms with Crippen molar-refractivity contribution >= 4 is 29.3 Å². The average molecular weight is 351 g/mol. The Bertz CT molecular complexity index is 888. The van der Waals surface area contributed by atoms with Crippen LogP contribution < -0.4 is 10.6 Å². The normalized spacial score (nSPS) is 14.0. The molecule has 1 heterocycles. The Kier molecular flexibility index (Phi) is 4.53. The van der Waals surface area contributed by atoms with Gasteiger partial charge in [0.05, 0.1) is 11.1 Å². The van der Waals surface area contributed by atoms with E-state index in [1.807, 2.05) is 0 Å². The first-order valence-corrected chi connectivity index (χ1v) is 8.04. The minimum Gasteiger partial charge on any atom is -0.355 e. The number of carbonyl (C=O) groups is 4. The zero-order chi connectivity index (χ0) is 18.8. The monoisotopic (exact) mass is 351 g/mol. The van der Waals surface area contributed by atoms with Gasteiger partial charge in [-0.25, -0.2) is 0 Å². The van der Waals surface area contributed by atoms with Crippen molar-refractivity contribution in [1.29, 1.82) is 0 Å². The molecule has 0 radical (unpaired) electrons. The van der Waals surface area contributed by atoms with Gasteiger partial charge in [-0.2, -0.15) is 0 Å². The van der Waals surface area contributed by atoms with Crippen LogP contribution in [0.25, 0.3) is 0 Å². The summed E-state index contributed by atoms with van der Waals surface area (Å²) < 4.78 is 0. The lowest BCUT2D eigenvalue weighted by molar-refractivity contribution is -0.119. The molecule has 7 nitrogen and oxygen atoms in total. The fourth-order valence-corrected chi connectivity index (χ4v) is 2.81. The number of rotatable bonds is 4. The van der Waals surface area contributed by atoms with Crippen LogP contribution in [0, 0.1) is 0 Å². The Hall–Kier alpha value is -3.48. The van der Waals surface area contributed by atoms with E-state index in [9.17, 15) is 19.2 Å². The van der Waals surface area contributed by atoms with Crippen molar-refractivity contribution in [2.45, 2.75) is 13.0 Å². The van der Waals surface area contributed by atoms with Crippen molar-refractivity contribution in [2.24, 2.45) is 0 Å². The van der Waals surface area contributed by atoms with Crippen LogP contribution in [0.2, 0.25) is 0 Å². The molecule has 26 heavy (non-hydrogen) atoms. The van der Waals surface area contributed by atoms with Crippen molar-refractivity contribution in [3.8, 4) is 0 Å². The molecule has 1 unspecified atom stereocenters. The maximum atomic E-state index is 12.5. The summed E-state index contributed by atoms with van der Waals surface area (Å²) in [7, 11) is 1.51. The van der Waals surface area contributed by atoms with E-state index in [0.717, 1.165) is 4.90 Å². The van der Waals surface area contributed by atoms with Gasteiger partial charge >= 0.3 is 0 Å². The second kappa shape index (κ2) is 6.79. The number of hydrogen-bond acceptors (Lipinski definition) is 4. The molecule has 1 aliphatic heterocycles. The summed E-state index contributed by atoms with van der Waals surface area (Å²) in [5, 5.41) is 5.14. The van der Waals surface area contributed by atoms with Crippen LogP contribution in [-0.4, -0.2) is 41.6 Å². The maximum Gasteiger partial charge on any atom is 0.262 e. The molecule has 0 aliphatic carbocycles. The molecule has 7 heteroatoms. The van der Waals surface area contributed by atoms with Crippen LogP contribution in [0.3, 0.4) is 0 Å². The summed E-state index contributed by atoms with van der Waals surface area (Å²) in [4.78, 5) is 50.1. The molecule has 0 saturated carbocycles. The summed E-state index contributed by atoms with van der Waals surface area (Å²) in [5.41, 5.74) is 1.37. The van der Waals surface area contributed by atoms with E-state index in [4.69, 9.17) is 0 Å². The highest BCUT2D eigenvalue weighted by Crippen LogP contribution is 2.25. The number of benzene rings is 2. The molecule has 0 aromatic heterocycles. The first-order valence-electron chi connectivity index (χ1n) is 8.04. The molecule has 2 N–H and O–H groups in total. The SMILES string of the molecule is CNC(=O)c1cccc(NC(=O)C(C)N2C(=O)c3ccccc3C2=O)c1. The van der Waals surface area contributed by atoms with Crippen LogP contribution >= 0.6 is 0 Å². The lowest BCUT2D eigenvalue weighted by Crippen LogP contribution is -2.45. The van der Waals surface area contributed by atoms with Gasteiger partial charge in [0, 0.05) is 18.3 Å². The van der Waals surface area contributed by atoms with E-state index in [1.54, 1.807) is 42.5 Å². The third-order valence-corrected chi connectivity index (χ3v) is 4.21. The number of carbonyl (C=O) groups excluding carboxylic acids is 4. The van der Waals surface area contributed by atoms with Gasteiger partial charge < -0.3 is 10.6 Å². The third-order valence-electron chi connectivity index (χ3n) is 4.21. The van der Waals surface area contributed by atoms with Gasteiger partial charge in [0.15, 0.2) is 0 Å². The topological polar surface area (TPSA) is 95.6 Å². The fourth-order valence-electron chi connectivity index (χ4n) is 2.81. The zero-order valence-corrected chi connectivity index (χ0v) is 14.3. The lowest BCUT2D eigenvalue weighted by atomic mass is 10.1. The number of hydrogen-bond donors (Lipinski definition) is 2. The Labute approximate surface area is 150 Å². The second-order valence-corrected chi connectivity index (χ2v) is 5.85. The molecule has 132 valence electrons. The number of nitrogens with zero attached hydrogens (tertiary/aromatic N) is 1. The first kappa shape index (κ1) is 17.3. The Morgan fingerprint density at radius 1 is 0.962 bits per heavy atom. The Morgan fingerprint density at radius 2 is 1.58 bits per heavy atom. The highest BCUT2D eigenvalue weighted by atomic mass is 16.2. The van der Waals surface area contributed by atoms with Gasteiger partial charge in [0.2, 0.25) is 5.91 Å². The largest absolute Gasteiger partial charge is 0.355 e. The van der Waals surface area contributed by atoms with E-state index in [2.05, 4.69) is 10.6 Å². The Morgan fingerprint density at radius 3 is 2.15 bits per heavy atom. The Balaban J connectivity index is 1.78. The number of amides is 4.